The van der Waals surface area contributed by atoms with Crippen LogP contribution >= 0.6 is 0 Å². The van der Waals surface area contributed by atoms with Gasteiger partial charge in [-0.2, -0.15) is 0 Å². The topological polar surface area (TPSA) is 12.9 Å². The lowest BCUT2D eigenvalue weighted by atomic mass is 9.86. The van der Waals surface area contributed by atoms with E-state index < -0.39 is 0 Å². The van der Waals surface area contributed by atoms with Crippen LogP contribution in [0.4, 0.5) is 0 Å². The van der Waals surface area contributed by atoms with Crippen LogP contribution < -0.4 is 0 Å². The maximum atomic E-state index is 4.75. The van der Waals surface area contributed by atoms with Crippen molar-refractivity contribution in [2.75, 3.05) is 0 Å². The minimum absolute atomic E-state index is 0.564. The zero-order valence-corrected chi connectivity index (χ0v) is 13.2. The zero-order chi connectivity index (χ0) is 15.6. The van der Waals surface area contributed by atoms with Crippen molar-refractivity contribution >= 4 is 6.08 Å². The number of fused-ring (bicyclic) bond motifs is 1. The Labute approximate surface area is 137 Å². The third-order valence-electron chi connectivity index (χ3n) is 4.49. The minimum atomic E-state index is 0.564. The summed E-state index contributed by atoms with van der Waals surface area (Å²) in [7, 11) is 0. The fourth-order valence-electron chi connectivity index (χ4n) is 3.33. The van der Waals surface area contributed by atoms with E-state index in [4.69, 9.17) is 4.98 Å². The Balaban J connectivity index is 1.92. The van der Waals surface area contributed by atoms with Crippen molar-refractivity contribution < 1.29 is 0 Å². The molecule has 1 aliphatic carbocycles. The van der Waals surface area contributed by atoms with Crippen LogP contribution in [-0.2, 0) is 6.42 Å². The Hall–Kier alpha value is -2.67. The number of hydrogen-bond donors (Lipinski definition) is 0. The summed E-state index contributed by atoms with van der Waals surface area (Å²) >= 11 is 0. The normalized spacial score (nSPS) is 16.1. The van der Waals surface area contributed by atoms with Crippen LogP contribution in [0.3, 0.4) is 0 Å². The van der Waals surface area contributed by atoms with Crippen LogP contribution in [0.15, 0.2) is 72.9 Å². The molecule has 2 aromatic carbocycles. The summed E-state index contributed by atoms with van der Waals surface area (Å²) in [5.74, 6) is 0.564. The second-order valence-corrected chi connectivity index (χ2v) is 6.18. The predicted molar refractivity (Wildman–Crippen MR) is 97.0 cm³/mol. The van der Waals surface area contributed by atoms with E-state index in [1.54, 1.807) is 0 Å². The van der Waals surface area contributed by atoms with Gasteiger partial charge in [0, 0.05) is 11.8 Å². The van der Waals surface area contributed by atoms with E-state index in [1.165, 1.54) is 27.8 Å². The highest BCUT2D eigenvalue weighted by Gasteiger charge is 2.18. The lowest BCUT2D eigenvalue weighted by Crippen LogP contribution is -2.06. The smallest absolute Gasteiger partial charge is 0.0746 e. The molecule has 0 saturated carbocycles. The number of nitrogens with zero attached hydrogens (tertiary/aromatic N) is 1. The van der Waals surface area contributed by atoms with Crippen LogP contribution in [0.2, 0.25) is 0 Å². The van der Waals surface area contributed by atoms with Crippen LogP contribution in [0.5, 0.6) is 0 Å². The SMILES string of the molecule is CC1C=Cc2ccnc(-c3ccccc3-c3ccccc3)c2C1. The molecule has 0 spiro atoms. The summed E-state index contributed by atoms with van der Waals surface area (Å²) in [5.41, 5.74) is 7.50. The highest BCUT2D eigenvalue weighted by atomic mass is 14.7. The first-order chi connectivity index (χ1) is 11.3. The summed E-state index contributed by atoms with van der Waals surface area (Å²) in [6.45, 7) is 2.26. The molecular formula is C22H19N. The summed E-state index contributed by atoms with van der Waals surface area (Å²) < 4.78 is 0. The second-order valence-electron chi connectivity index (χ2n) is 6.18. The Morgan fingerprint density at radius 2 is 1.61 bits per heavy atom. The molecule has 4 rings (SSSR count). The molecule has 1 aliphatic rings. The van der Waals surface area contributed by atoms with Gasteiger partial charge in [0.15, 0.2) is 0 Å². The van der Waals surface area contributed by atoms with E-state index in [9.17, 15) is 0 Å². The van der Waals surface area contributed by atoms with Gasteiger partial charge in [0.2, 0.25) is 0 Å². The molecule has 0 aliphatic heterocycles. The number of hydrogen-bond acceptors (Lipinski definition) is 1. The molecule has 0 saturated heterocycles. The van der Waals surface area contributed by atoms with E-state index in [1.807, 2.05) is 6.20 Å². The average molecular weight is 297 g/mol. The van der Waals surface area contributed by atoms with Gasteiger partial charge >= 0.3 is 0 Å². The lowest BCUT2D eigenvalue weighted by Gasteiger charge is -2.20. The molecule has 23 heavy (non-hydrogen) atoms. The van der Waals surface area contributed by atoms with Gasteiger partial charge in [-0.25, -0.2) is 0 Å². The van der Waals surface area contributed by atoms with Crippen LogP contribution in [0.25, 0.3) is 28.5 Å². The molecule has 0 amide bonds. The molecule has 1 heterocycles. The first-order valence-corrected chi connectivity index (χ1v) is 8.14. The quantitative estimate of drug-likeness (QED) is 0.598. The van der Waals surface area contributed by atoms with Gasteiger partial charge < -0.3 is 0 Å². The largest absolute Gasteiger partial charge is 0.256 e. The number of benzene rings is 2. The fourth-order valence-corrected chi connectivity index (χ4v) is 3.33. The van der Waals surface area contributed by atoms with Crippen LogP contribution in [0.1, 0.15) is 18.1 Å². The summed E-state index contributed by atoms with van der Waals surface area (Å²) in [5, 5.41) is 0. The summed E-state index contributed by atoms with van der Waals surface area (Å²) in [4.78, 5) is 4.75. The van der Waals surface area contributed by atoms with Crippen molar-refractivity contribution in [1.29, 1.82) is 0 Å². The molecule has 0 fully saturated rings. The molecule has 0 bridgehead atoms. The number of pyridine rings is 1. The Morgan fingerprint density at radius 1 is 0.870 bits per heavy atom. The third kappa shape index (κ3) is 2.59. The molecule has 112 valence electrons. The molecule has 1 atom stereocenters. The fraction of sp³-hybridized carbons (Fsp3) is 0.136. The van der Waals surface area contributed by atoms with Crippen molar-refractivity contribution in [1.82, 2.24) is 4.98 Å². The maximum Gasteiger partial charge on any atom is 0.0746 e. The van der Waals surface area contributed by atoms with Gasteiger partial charge in [0.1, 0.15) is 0 Å². The molecule has 0 radical (unpaired) electrons. The average Bonchev–Trinajstić information content (AvgIpc) is 2.62. The summed E-state index contributed by atoms with van der Waals surface area (Å²) in [6, 6.07) is 21.3. The van der Waals surface area contributed by atoms with Crippen molar-refractivity contribution in [3.63, 3.8) is 0 Å². The van der Waals surface area contributed by atoms with Gasteiger partial charge in [-0.05, 0) is 40.7 Å². The van der Waals surface area contributed by atoms with Gasteiger partial charge in [-0.15, -0.1) is 0 Å². The highest BCUT2D eigenvalue weighted by molar-refractivity contribution is 5.84. The Kier molecular flexibility index (Phi) is 3.55. The van der Waals surface area contributed by atoms with Gasteiger partial charge in [-0.3, -0.25) is 4.98 Å². The second kappa shape index (κ2) is 5.85. The molecule has 1 aromatic heterocycles. The first kappa shape index (κ1) is 14.0. The molecule has 1 nitrogen and oxygen atoms in total. The monoisotopic (exact) mass is 297 g/mol. The molecule has 1 unspecified atom stereocenters. The van der Waals surface area contributed by atoms with Crippen molar-refractivity contribution in [3.8, 4) is 22.4 Å². The van der Waals surface area contributed by atoms with Gasteiger partial charge in [-0.1, -0.05) is 73.7 Å². The van der Waals surface area contributed by atoms with E-state index in [0.29, 0.717) is 5.92 Å². The van der Waals surface area contributed by atoms with E-state index in [2.05, 4.69) is 79.7 Å². The van der Waals surface area contributed by atoms with Crippen LogP contribution in [-0.4, -0.2) is 4.98 Å². The molecule has 1 heteroatoms. The molecular weight excluding hydrogens is 278 g/mol. The predicted octanol–water partition coefficient (Wildman–Crippen LogP) is 5.62. The maximum absolute atomic E-state index is 4.75. The Morgan fingerprint density at radius 3 is 2.43 bits per heavy atom. The summed E-state index contributed by atoms with van der Waals surface area (Å²) in [6.07, 6.45) is 7.50. The molecule has 0 N–H and O–H groups in total. The highest BCUT2D eigenvalue weighted by Crippen LogP contribution is 2.36. The molecule has 3 aromatic rings. The zero-order valence-electron chi connectivity index (χ0n) is 13.2. The lowest BCUT2D eigenvalue weighted by molar-refractivity contribution is 0.716. The first-order valence-electron chi connectivity index (χ1n) is 8.14. The Bertz CT molecular complexity index is 862. The van der Waals surface area contributed by atoms with Crippen molar-refractivity contribution in [3.05, 3.63) is 84.1 Å². The van der Waals surface area contributed by atoms with Gasteiger partial charge in [0.05, 0.1) is 5.69 Å². The minimum Gasteiger partial charge on any atom is -0.256 e. The number of aromatic nitrogens is 1. The number of rotatable bonds is 2. The van der Waals surface area contributed by atoms with E-state index >= 15 is 0 Å². The van der Waals surface area contributed by atoms with Crippen molar-refractivity contribution in [2.24, 2.45) is 5.92 Å². The van der Waals surface area contributed by atoms with Gasteiger partial charge in [0.25, 0.3) is 0 Å². The van der Waals surface area contributed by atoms with E-state index in [0.717, 1.165) is 12.1 Å². The van der Waals surface area contributed by atoms with Crippen molar-refractivity contribution in [2.45, 2.75) is 13.3 Å². The number of allylic oxidation sites excluding steroid dienone is 1. The standard InChI is InChI=1S/C22H19N/c1-16-11-12-18-13-14-23-22(21(18)15-16)20-10-6-5-9-19(20)17-7-3-2-4-8-17/h2-14,16H,15H2,1H3. The third-order valence-corrected chi connectivity index (χ3v) is 4.49. The van der Waals surface area contributed by atoms with Crippen LogP contribution in [0, 0.1) is 5.92 Å². The van der Waals surface area contributed by atoms with E-state index in [-0.39, 0.29) is 0 Å².